The summed E-state index contributed by atoms with van der Waals surface area (Å²) in [5, 5.41) is 4.93. The molecule has 0 saturated heterocycles. The molecule has 0 saturated carbocycles. The van der Waals surface area contributed by atoms with Gasteiger partial charge in [-0.3, -0.25) is 4.79 Å². The zero-order valence-electron chi connectivity index (χ0n) is 8.10. The summed E-state index contributed by atoms with van der Waals surface area (Å²) in [6, 6.07) is 1.21. The van der Waals surface area contributed by atoms with E-state index in [-0.39, 0.29) is 4.90 Å². The molecular weight excluding hydrogens is 284 g/mol. The molecule has 0 radical (unpaired) electrons. The molecule has 0 aliphatic heterocycles. The molecule has 0 atom stereocenters. The van der Waals surface area contributed by atoms with Crippen LogP contribution in [0.5, 0.6) is 0 Å². The monoisotopic (exact) mass is 294 g/mol. The number of hydrogen-bond acceptors (Lipinski definition) is 3. The second-order valence-corrected chi connectivity index (χ2v) is 5.51. The third-order valence-electron chi connectivity index (χ3n) is 1.79. The largest absolute Gasteiger partial charge is 0.313 e. The molecule has 0 aliphatic rings. The number of halogens is 1. The molecule has 0 fully saturated rings. The number of nitrogens with two attached hydrogens (primary N) is 1. The molecule has 0 bridgehead atoms. The van der Waals surface area contributed by atoms with Gasteiger partial charge < -0.3 is 4.57 Å². The summed E-state index contributed by atoms with van der Waals surface area (Å²) in [5.74, 6) is 0. The van der Waals surface area contributed by atoms with Crippen LogP contribution in [0.1, 0.15) is 13.3 Å². The topological polar surface area (TPSA) is 82.2 Å². The van der Waals surface area contributed by atoms with E-state index in [1.807, 2.05) is 6.92 Å². The molecule has 84 valence electrons. The quantitative estimate of drug-likeness (QED) is 0.889. The Hall–Kier alpha value is -0.660. The van der Waals surface area contributed by atoms with E-state index in [0.29, 0.717) is 11.0 Å². The van der Waals surface area contributed by atoms with Crippen LogP contribution in [-0.2, 0) is 16.6 Å². The Labute approximate surface area is 96.1 Å². The zero-order valence-corrected chi connectivity index (χ0v) is 10.5. The molecule has 0 aliphatic carbocycles. The summed E-state index contributed by atoms with van der Waals surface area (Å²) in [6.07, 6.45) is 2.28. The highest BCUT2D eigenvalue weighted by Gasteiger charge is 2.15. The normalized spacial score (nSPS) is 11.7. The van der Waals surface area contributed by atoms with Crippen molar-refractivity contribution in [2.24, 2.45) is 5.14 Å². The van der Waals surface area contributed by atoms with Gasteiger partial charge in [0.15, 0.2) is 0 Å². The van der Waals surface area contributed by atoms with E-state index in [2.05, 4.69) is 15.9 Å². The van der Waals surface area contributed by atoms with Crippen LogP contribution in [0.15, 0.2) is 26.4 Å². The van der Waals surface area contributed by atoms with Gasteiger partial charge in [-0.2, -0.15) is 0 Å². The molecule has 0 aromatic carbocycles. The minimum absolute atomic E-state index is 0.384. The summed E-state index contributed by atoms with van der Waals surface area (Å²) in [7, 11) is -3.96. The molecule has 5 nitrogen and oxygen atoms in total. The standard InChI is InChI=1S/C8H11BrN2O3S/c1-2-3-11-5-6(9)4-7(8(11)12)15(10,13)14/h4-5H,2-3H2,1H3,(H2,10,13,14). The van der Waals surface area contributed by atoms with Gasteiger partial charge in [0.25, 0.3) is 5.56 Å². The van der Waals surface area contributed by atoms with Crippen LogP contribution in [0.25, 0.3) is 0 Å². The van der Waals surface area contributed by atoms with E-state index in [1.54, 1.807) is 6.20 Å². The predicted molar refractivity (Wildman–Crippen MR) is 60.1 cm³/mol. The maximum atomic E-state index is 11.6. The van der Waals surface area contributed by atoms with Crippen molar-refractivity contribution >= 4 is 26.0 Å². The van der Waals surface area contributed by atoms with Gasteiger partial charge in [0, 0.05) is 17.2 Å². The average Bonchev–Trinajstić information content (AvgIpc) is 2.09. The lowest BCUT2D eigenvalue weighted by atomic mass is 10.4. The minimum Gasteiger partial charge on any atom is -0.313 e. The van der Waals surface area contributed by atoms with E-state index < -0.39 is 15.6 Å². The molecule has 1 aromatic rings. The summed E-state index contributed by atoms with van der Waals surface area (Å²) >= 11 is 3.13. The van der Waals surface area contributed by atoms with Crippen molar-refractivity contribution in [3.8, 4) is 0 Å². The lowest BCUT2D eigenvalue weighted by Gasteiger charge is -2.06. The summed E-state index contributed by atoms with van der Waals surface area (Å²) in [4.78, 5) is 11.3. The summed E-state index contributed by atoms with van der Waals surface area (Å²) in [6.45, 7) is 2.35. The first-order valence-electron chi connectivity index (χ1n) is 4.29. The maximum Gasteiger partial charge on any atom is 0.270 e. The Morgan fingerprint density at radius 2 is 2.13 bits per heavy atom. The fourth-order valence-electron chi connectivity index (χ4n) is 1.18. The highest BCUT2D eigenvalue weighted by atomic mass is 79.9. The molecule has 1 heterocycles. The van der Waals surface area contributed by atoms with Gasteiger partial charge in [-0.15, -0.1) is 0 Å². The van der Waals surface area contributed by atoms with Crippen molar-refractivity contribution in [3.05, 3.63) is 27.1 Å². The van der Waals surface area contributed by atoms with Gasteiger partial charge in [-0.25, -0.2) is 13.6 Å². The molecule has 7 heteroatoms. The molecule has 2 N–H and O–H groups in total. The highest BCUT2D eigenvalue weighted by molar-refractivity contribution is 9.10. The van der Waals surface area contributed by atoms with Crippen molar-refractivity contribution in [3.63, 3.8) is 0 Å². The molecule has 0 unspecified atom stereocenters. The number of aromatic nitrogens is 1. The number of rotatable bonds is 3. The number of primary sulfonamides is 1. The summed E-state index contributed by atoms with van der Waals surface area (Å²) < 4.78 is 24.0. The zero-order chi connectivity index (χ0) is 11.6. The van der Waals surface area contributed by atoms with E-state index in [1.165, 1.54) is 10.6 Å². The third-order valence-corrected chi connectivity index (χ3v) is 3.13. The molecule has 0 amide bonds. The Bertz CT molecular complexity index is 521. The van der Waals surface area contributed by atoms with Gasteiger partial charge in [0.05, 0.1) is 0 Å². The summed E-state index contributed by atoms with van der Waals surface area (Å²) in [5.41, 5.74) is -0.581. The van der Waals surface area contributed by atoms with E-state index in [9.17, 15) is 13.2 Å². The van der Waals surface area contributed by atoms with Crippen molar-refractivity contribution in [1.29, 1.82) is 0 Å². The van der Waals surface area contributed by atoms with Crippen molar-refractivity contribution in [1.82, 2.24) is 4.57 Å². The number of pyridine rings is 1. The Morgan fingerprint density at radius 1 is 1.53 bits per heavy atom. The SMILES string of the molecule is CCCn1cc(Br)cc(S(N)(=O)=O)c1=O. The fourth-order valence-corrected chi connectivity index (χ4v) is 2.46. The smallest absolute Gasteiger partial charge is 0.270 e. The lowest BCUT2D eigenvalue weighted by Crippen LogP contribution is -2.28. The van der Waals surface area contributed by atoms with Crippen LogP contribution in [0.3, 0.4) is 0 Å². The van der Waals surface area contributed by atoms with E-state index in [0.717, 1.165) is 6.42 Å². The highest BCUT2D eigenvalue weighted by Crippen LogP contribution is 2.11. The van der Waals surface area contributed by atoms with Gasteiger partial charge in [0.2, 0.25) is 10.0 Å². The molecule has 1 rings (SSSR count). The third kappa shape index (κ3) is 2.90. The van der Waals surface area contributed by atoms with Gasteiger partial charge in [-0.05, 0) is 28.4 Å². The van der Waals surface area contributed by atoms with E-state index >= 15 is 0 Å². The fraction of sp³-hybridized carbons (Fsp3) is 0.375. The van der Waals surface area contributed by atoms with Gasteiger partial charge >= 0.3 is 0 Å². The van der Waals surface area contributed by atoms with Gasteiger partial charge in [0.1, 0.15) is 4.90 Å². The van der Waals surface area contributed by atoms with Crippen LogP contribution in [0, 0.1) is 0 Å². The maximum absolute atomic E-state index is 11.6. The predicted octanol–water partition coefficient (Wildman–Crippen LogP) is 0.668. The van der Waals surface area contributed by atoms with Crippen molar-refractivity contribution in [2.75, 3.05) is 0 Å². The molecular formula is C8H11BrN2O3S. The number of aryl methyl sites for hydroxylation is 1. The van der Waals surface area contributed by atoms with Crippen molar-refractivity contribution < 1.29 is 8.42 Å². The molecule has 1 aromatic heterocycles. The first-order valence-corrected chi connectivity index (χ1v) is 6.63. The van der Waals surface area contributed by atoms with Crippen LogP contribution in [-0.4, -0.2) is 13.0 Å². The van der Waals surface area contributed by atoms with Crippen molar-refractivity contribution in [2.45, 2.75) is 24.8 Å². The number of sulfonamides is 1. The molecule has 15 heavy (non-hydrogen) atoms. The second kappa shape index (κ2) is 4.46. The lowest BCUT2D eigenvalue weighted by molar-refractivity contribution is 0.588. The van der Waals surface area contributed by atoms with E-state index in [4.69, 9.17) is 5.14 Å². The Balaban J connectivity index is 3.49. The number of nitrogens with zero attached hydrogens (tertiary/aromatic N) is 1. The Morgan fingerprint density at radius 3 is 2.60 bits per heavy atom. The van der Waals surface area contributed by atoms with Crippen LogP contribution >= 0.6 is 15.9 Å². The minimum atomic E-state index is -3.96. The van der Waals surface area contributed by atoms with Crippen LogP contribution < -0.4 is 10.7 Å². The second-order valence-electron chi connectivity index (χ2n) is 3.07. The van der Waals surface area contributed by atoms with Gasteiger partial charge in [-0.1, -0.05) is 6.92 Å². The Kier molecular flexibility index (Phi) is 3.69. The molecule has 0 spiro atoms. The van der Waals surface area contributed by atoms with Crippen LogP contribution in [0.4, 0.5) is 0 Å². The first kappa shape index (κ1) is 12.4. The van der Waals surface area contributed by atoms with Crippen LogP contribution in [0.2, 0.25) is 0 Å². The average molecular weight is 295 g/mol. The first-order chi connectivity index (χ1) is 6.86. The number of hydrogen-bond donors (Lipinski definition) is 1.